The molecule has 0 atom stereocenters. The third kappa shape index (κ3) is 4.43. The van der Waals surface area contributed by atoms with Gasteiger partial charge in [-0.1, -0.05) is 41.4 Å². The maximum Gasteiger partial charge on any atom is 0.246 e. The number of amides is 1. The lowest BCUT2D eigenvalue weighted by Crippen LogP contribution is -2.50. The molecule has 28 heavy (non-hydrogen) atoms. The van der Waals surface area contributed by atoms with E-state index in [9.17, 15) is 13.2 Å². The highest BCUT2D eigenvalue weighted by molar-refractivity contribution is 7.89. The van der Waals surface area contributed by atoms with Crippen molar-refractivity contribution in [1.82, 2.24) is 9.21 Å². The van der Waals surface area contributed by atoms with Gasteiger partial charge in [-0.15, -0.1) is 0 Å². The molecule has 0 spiro atoms. The molecule has 0 saturated carbocycles. The quantitative estimate of drug-likeness (QED) is 0.713. The lowest BCUT2D eigenvalue weighted by Gasteiger charge is -2.34. The Morgan fingerprint density at radius 1 is 1.00 bits per heavy atom. The van der Waals surface area contributed by atoms with Crippen LogP contribution in [0.15, 0.2) is 47.4 Å². The number of hydrogen-bond donors (Lipinski definition) is 0. The first-order valence-electron chi connectivity index (χ1n) is 8.68. The van der Waals surface area contributed by atoms with Crippen molar-refractivity contribution in [3.8, 4) is 5.75 Å². The number of carbonyl (C=O) groups is 1. The molecule has 1 saturated heterocycles. The van der Waals surface area contributed by atoms with E-state index < -0.39 is 10.0 Å². The van der Waals surface area contributed by atoms with Gasteiger partial charge in [-0.05, 0) is 29.8 Å². The first kappa shape index (κ1) is 20.9. The number of sulfonamides is 1. The van der Waals surface area contributed by atoms with Crippen LogP contribution in [0.25, 0.3) is 0 Å². The average molecular weight is 443 g/mol. The summed E-state index contributed by atoms with van der Waals surface area (Å²) >= 11 is 12.1. The van der Waals surface area contributed by atoms with E-state index in [1.807, 2.05) is 12.1 Å². The van der Waals surface area contributed by atoms with Gasteiger partial charge in [0.1, 0.15) is 10.6 Å². The molecule has 6 nitrogen and oxygen atoms in total. The zero-order chi connectivity index (χ0) is 20.3. The fourth-order valence-electron chi connectivity index (χ4n) is 3.07. The predicted molar refractivity (Wildman–Crippen MR) is 108 cm³/mol. The molecule has 1 aliphatic rings. The van der Waals surface area contributed by atoms with Crippen molar-refractivity contribution in [3.05, 3.63) is 58.1 Å². The second-order valence-electron chi connectivity index (χ2n) is 6.36. The van der Waals surface area contributed by atoms with Crippen LogP contribution in [0.1, 0.15) is 5.56 Å². The molecule has 0 radical (unpaired) electrons. The first-order valence-corrected chi connectivity index (χ1v) is 10.9. The minimum Gasteiger partial charge on any atom is -0.497 e. The smallest absolute Gasteiger partial charge is 0.246 e. The molecule has 3 rings (SSSR count). The van der Waals surface area contributed by atoms with E-state index in [1.54, 1.807) is 30.2 Å². The van der Waals surface area contributed by atoms with Crippen LogP contribution in [0, 0.1) is 0 Å². The summed E-state index contributed by atoms with van der Waals surface area (Å²) in [5.74, 6) is 0.686. The minimum absolute atomic E-state index is 0.0435. The highest BCUT2D eigenvalue weighted by atomic mass is 35.5. The maximum absolute atomic E-state index is 12.9. The van der Waals surface area contributed by atoms with Crippen LogP contribution >= 0.6 is 23.2 Å². The van der Waals surface area contributed by atoms with Crippen molar-refractivity contribution in [2.24, 2.45) is 0 Å². The number of benzene rings is 2. The van der Waals surface area contributed by atoms with Gasteiger partial charge in [0.05, 0.1) is 23.6 Å². The van der Waals surface area contributed by atoms with Gasteiger partial charge in [0, 0.05) is 26.2 Å². The molecule has 9 heteroatoms. The van der Waals surface area contributed by atoms with Crippen LogP contribution in [-0.4, -0.2) is 56.8 Å². The first-order chi connectivity index (χ1) is 13.3. The van der Waals surface area contributed by atoms with Crippen LogP contribution in [-0.2, 0) is 21.2 Å². The largest absolute Gasteiger partial charge is 0.497 e. The molecule has 1 amide bonds. The van der Waals surface area contributed by atoms with Crippen LogP contribution in [0.3, 0.4) is 0 Å². The summed E-state index contributed by atoms with van der Waals surface area (Å²) in [5.41, 5.74) is 0.878. The molecule has 1 fully saturated rings. The molecular formula is C19H20Cl2N2O4S. The lowest BCUT2D eigenvalue weighted by molar-refractivity contribution is -0.131. The zero-order valence-corrected chi connectivity index (χ0v) is 17.6. The molecule has 1 aliphatic heterocycles. The second kappa shape index (κ2) is 8.69. The van der Waals surface area contributed by atoms with Crippen LogP contribution in [0.5, 0.6) is 5.75 Å². The zero-order valence-electron chi connectivity index (χ0n) is 15.3. The summed E-state index contributed by atoms with van der Waals surface area (Å²) in [6.45, 7) is 1.02. The normalized spacial score (nSPS) is 15.5. The number of halogens is 2. The number of nitrogens with zero attached hydrogens (tertiary/aromatic N) is 2. The van der Waals surface area contributed by atoms with Crippen LogP contribution in [0.4, 0.5) is 0 Å². The Labute approximate surface area is 174 Å². The third-order valence-corrected chi connectivity index (χ3v) is 7.48. The van der Waals surface area contributed by atoms with Gasteiger partial charge in [-0.3, -0.25) is 4.79 Å². The monoisotopic (exact) mass is 442 g/mol. The van der Waals surface area contributed by atoms with Crippen LogP contribution in [0.2, 0.25) is 10.0 Å². The Balaban J connectivity index is 1.64. The molecule has 0 unspecified atom stereocenters. The van der Waals surface area contributed by atoms with Gasteiger partial charge in [-0.2, -0.15) is 4.31 Å². The Morgan fingerprint density at radius 3 is 2.11 bits per heavy atom. The lowest BCUT2D eigenvalue weighted by atomic mass is 10.1. The number of carbonyl (C=O) groups excluding carboxylic acids is 1. The predicted octanol–water partition coefficient (Wildman–Crippen LogP) is 3.08. The van der Waals surface area contributed by atoms with Gasteiger partial charge in [0.25, 0.3) is 0 Å². The summed E-state index contributed by atoms with van der Waals surface area (Å²) < 4.78 is 32.2. The topological polar surface area (TPSA) is 66.9 Å². The molecular weight excluding hydrogens is 423 g/mol. The van der Waals surface area contributed by atoms with Crippen molar-refractivity contribution in [2.45, 2.75) is 11.3 Å². The van der Waals surface area contributed by atoms with Gasteiger partial charge < -0.3 is 9.64 Å². The molecule has 2 aromatic rings. The number of rotatable bonds is 5. The number of hydrogen-bond acceptors (Lipinski definition) is 4. The Hall–Kier alpha value is -1.80. The summed E-state index contributed by atoms with van der Waals surface area (Å²) in [4.78, 5) is 14.1. The summed E-state index contributed by atoms with van der Waals surface area (Å²) in [6, 6.07) is 11.9. The highest BCUT2D eigenvalue weighted by Gasteiger charge is 2.32. The van der Waals surface area contributed by atoms with Gasteiger partial charge >= 0.3 is 0 Å². The van der Waals surface area contributed by atoms with Crippen molar-refractivity contribution < 1.29 is 17.9 Å². The second-order valence-corrected chi connectivity index (χ2v) is 9.05. The van der Waals surface area contributed by atoms with Crippen molar-refractivity contribution in [3.63, 3.8) is 0 Å². The van der Waals surface area contributed by atoms with E-state index in [-0.39, 0.29) is 40.4 Å². The molecule has 150 valence electrons. The molecule has 2 aromatic carbocycles. The van der Waals surface area contributed by atoms with Crippen molar-refractivity contribution in [2.75, 3.05) is 33.3 Å². The van der Waals surface area contributed by atoms with E-state index >= 15 is 0 Å². The number of piperazine rings is 1. The van der Waals surface area contributed by atoms with E-state index in [1.165, 1.54) is 16.4 Å². The van der Waals surface area contributed by atoms with E-state index in [4.69, 9.17) is 27.9 Å². The van der Waals surface area contributed by atoms with Gasteiger partial charge in [0.2, 0.25) is 15.9 Å². The molecule has 0 N–H and O–H groups in total. The fraction of sp³-hybridized carbons (Fsp3) is 0.316. The van der Waals surface area contributed by atoms with E-state index in [0.717, 1.165) is 11.3 Å². The summed E-state index contributed by atoms with van der Waals surface area (Å²) in [6.07, 6.45) is 0.257. The molecule has 1 heterocycles. The van der Waals surface area contributed by atoms with Crippen molar-refractivity contribution >= 4 is 39.1 Å². The average Bonchev–Trinajstić information content (AvgIpc) is 2.68. The highest BCUT2D eigenvalue weighted by Crippen LogP contribution is 2.31. The summed E-state index contributed by atoms with van der Waals surface area (Å²) in [5, 5.41) is 0.177. The third-order valence-electron chi connectivity index (χ3n) is 4.62. The molecule has 0 aromatic heterocycles. The minimum atomic E-state index is -3.82. The molecule has 0 aliphatic carbocycles. The fourth-order valence-corrected chi connectivity index (χ4v) is 5.58. The Bertz CT molecular complexity index is 936. The SMILES string of the molecule is COc1ccc(CC(=O)N2CCN(S(=O)(=O)c3c(Cl)cccc3Cl)CC2)cc1. The van der Waals surface area contributed by atoms with Crippen LogP contribution < -0.4 is 4.74 Å². The van der Waals surface area contributed by atoms with Crippen molar-refractivity contribution in [1.29, 1.82) is 0 Å². The standard InChI is InChI=1S/C19H20Cl2N2O4S/c1-27-15-7-5-14(6-8-15)13-18(24)22-9-11-23(12-10-22)28(25,26)19-16(20)3-2-4-17(19)21/h2-8H,9-13H2,1H3. The Morgan fingerprint density at radius 2 is 1.57 bits per heavy atom. The van der Waals surface area contributed by atoms with Gasteiger partial charge in [0.15, 0.2) is 0 Å². The van der Waals surface area contributed by atoms with E-state index in [0.29, 0.717) is 13.1 Å². The Kier molecular flexibility index (Phi) is 6.50. The van der Waals surface area contributed by atoms with Gasteiger partial charge in [-0.25, -0.2) is 8.42 Å². The maximum atomic E-state index is 12.9. The molecule has 0 bridgehead atoms. The summed E-state index contributed by atoms with van der Waals surface area (Å²) in [7, 11) is -2.23. The number of methoxy groups -OCH3 is 1. The number of ether oxygens (including phenoxy) is 1. The van der Waals surface area contributed by atoms with E-state index in [2.05, 4.69) is 0 Å².